The summed E-state index contributed by atoms with van der Waals surface area (Å²) in [6, 6.07) is 12.8. The molecule has 0 spiro atoms. The molecular formula is C20H12F3N7. The SMILES string of the molecule is [C-]#[N+]C1=C(C)N(c2cccc(C(F)(F)F)c2)c2nnnn2C1c1ccc(C#N)cc1. The monoisotopic (exact) mass is 407 g/mol. The molecule has 0 saturated carbocycles. The summed E-state index contributed by atoms with van der Waals surface area (Å²) in [6.45, 7) is 9.34. The maximum absolute atomic E-state index is 13.2. The normalized spacial score (nSPS) is 16.1. The Bertz CT molecular complexity index is 1230. The van der Waals surface area contributed by atoms with Crippen molar-refractivity contribution in [1.29, 1.82) is 5.26 Å². The van der Waals surface area contributed by atoms with Crippen molar-refractivity contribution >= 4 is 11.6 Å². The van der Waals surface area contributed by atoms with Gasteiger partial charge in [-0.3, -0.25) is 4.90 Å². The predicted octanol–water partition coefficient (Wildman–Crippen LogP) is 4.46. The highest BCUT2D eigenvalue weighted by molar-refractivity contribution is 5.67. The van der Waals surface area contributed by atoms with Gasteiger partial charge < -0.3 is 0 Å². The van der Waals surface area contributed by atoms with Crippen LogP contribution in [0.3, 0.4) is 0 Å². The second-order valence-corrected chi connectivity index (χ2v) is 6.53. The number of hydrogen-bond acceptors (Lipinski definition) is 5. The summed E-state index contributed by atoms with van der Waals surface area (Å²) >= 11 is 0. The molecule has 2 aromatic carbocycles. The number of rotatable bonds is 2. The minimum atomic E-state index is -4.51. The van der Waals surface area contributed by atoms with E-state index >= 15 is 0 Å². The number of tetrazole rings is 1. The predicted molar refractivity (Wildman–Crippen MR) is 100.0 cm³/mol. The second kappa shape index (κ2) is 7.01. The minimum absolute atomic E-state index is 0.189. The first-order valence-corrected chi connectivity index (χ1v) is 8.68. The van der Waals surface area contributed by atoms with Gasteiger partial charge >= 0.3 is 6.18 Å². The lowest BCUT2D eigenvalue weighted by Gasteiger charge is -2.33. The fourth-order valence-corrected chi connectivity index (χ4v) is 3.39. The molecule has 0 N–H and O–H groups in total. The highest BCUT2D eigenvalue weighted by atomic mass is 19.4. The summed E-state index contributed by atoms with van der Waals surface area (Å²) in [5.41, 5.74) is 1.19. The number of nitrogens with zero attached hydrogens (tertiary/aromatic N) is 7. The average molecular weight is 407 g/mol. The lowest BCUT2D eigenvalue weighted by Crippen LogP contribution is -2.30. The first-order valence-electron chi connectivity index (χ1n) is 8.68. The lowest BCUT2D eigenvalue weighted by atomic mass is 9.99. The van der Waals surface area contributed by atoms with E-state index in [1.165, 1.54) is 21.7 Å². The van der Waals surface area contributed by atoms with Gasteiger partial charge in [0.15, 0.2) is 0 Å². The van der Waals surface area contributed by atoms with Crippen molar-refractivity contribution in [1.82, 2.24) is 20.2 Å². The number of alkyl halides is 3. The third-order valence-corrected chi connectivity index (χ3v) is 4.79. The topological polar surface area (TPSA) is 75.0 Å². The van der Waals surface area contributed by atoms with Crippen LogP contribution in [0.5, 0.6) is 0 Å². The first kappa shape index (κ1) is 19.2. The molecule has 2 heterocycles. The number of aromatic nitrogens is 4. The van der Waals surface area contributed by atoms with Gasteiger partial charge in [-0.2, -0.15) is 18.4 Å². The smallest absolute Gasteiger partial charge is 0.293 e. The van der Waals surface area contributed by atoms with Crippen LogP contribution in [0.4, 0.5) is 24.8 Å². The van der Waals surface area contributed by atoms with Crippen LogP contribution in [0.25, 0.3) is 4.85 Å². The highest BCUT2D eigenvalue weighted by Crippen LogP contribution is 2.42. The fourth-order valence-electron chi connectivity index (χ4n) is 3.39. The van der Waals surface area contributed by atoms with E-state index in [2.05, 4.69) is 20.4 Å². The largest absolute Gasteiger partial charge is 0.416 e. The summed E-state index contributed by atoms with van der Waals surface area (Å²) < 4.78 is 41.0. The molecule has 30 heavy (non-hydrogen) atoms. The maximum atomic E-state index is 13.2. The van der Waals surface area contributed by atoms with E-state index in [-0.39, 0.29) is 17.3 Å². The second-order valence-electron chi connectivity index (χ2n) is 6.53. The Labute approximate surface area is 169 Å². The summed E-state index contributed by atoms with van der Waals surface area (Å²) in [4.78, 5) is 5.07. The standard InChI is InChI=1S/C20H12F3N7/c1-12-17(25-2)18(14-8-6-13(11-24)7-9-14)30-19(26-27-28-30)29(12)16-5-3-4-15(10-16)20(21,22)23/h3-10,18H,1H3. The molecule has 0 saturated heterocycles. The molecule has 0 bridgehead atoms. The van der Waals surface area contributed by atoms with Crippen molar-refractivity contribution < 1.29 is 13.2 Å². The molecule has 1 aliphatic rings. The van der Waals surface area contributed by atoms with Gasteiger partial charge in [0, 0.05) is 11.4 Å². The lowest BCUT2D eigenvalue weighted by molar-refractivity contribution is -0.137. The van der Waals surface area contributed by atoms with Crippen LogP contribution in [0.2, 0.25) is 0 Å². The molecule has 0 radical (unpaired) electrons. The fraction of sp³-hybridized carbons (Fsp3) is 0.150. The van der Waals surface area contributed by atoms with Crippen LogP contribution in [0.1, 0.15) is 29.7 Å². The van der Waals surface area contributed by atoms with Gasteiger partial charge in [0.1, 0.15) is 6.04 Å². The van der Waals surface area contributed by atoms with Gasteiger partial charge in [-0.25, -0.2) is 9.53 Å². The number of anilines is 2. The molecule has 4 rings (SSSR count). The Morgan fingerprint density at radius 2 is 1.90 bits per heavy atom. The van der Waals surface area contributed by atoms with E-state index in [1.807, 2.05) is 6.07 Å². The van der Waals surface area contributed by atoms with Crippen molar-refractivity contribution in [2.75, 3.05) is 4.90 Å². The number of fused-ring (bicyclic) bond motifs is 1. The number of allylic oxidation sites excluding steroid dienone is 2. The Kier molecular flexibility index (Phi) is 4.47. The summed E-state index contributed by atoms with van der Waals surface area (Å²) in [5.74, 6) is 0.189. The van der Waals surface area contributed by atoms with Crippen molar-refractivity contribution in [3.63, 3.8) is 0 Å². The van der Waals surface area contributed by atoms with Gasteiger partial charge in [-0.15, -0.1) is 0 Å². The van der Waals surface area contributed by atoms with Crippen LogP contribution < -0.4 is 4.90 Å². The zero-order valence-corrected chi connectivity index (χ0v) is 15.5. The van der Waals surface area contributed by atoms with Gasteiger partial charge in [0.05, 0.1) is 23.8 Å². The van der Waals surface area contributed by atoms with Gasteiger partial charge in [-0.1, -0.05) is 23.3 Å². The van der Waals surface area contributed by atoms with E-state index < -0.39 is 17.8 Å². The molecule has 1 aliphatic heterocycles. The molecule has 7 nitrogen and oxygen atoms in total. The van der Waals surface area contributed by atoms with Crippen molar-refractivity contribution in [3.05, 3.63) is 88.0 Å². The molecule has 148 valence electrons. The highest BCUT2D eigenvalue weighted by Gasteiger charge is 2.37. The summed E-state index contributed by atoms with van der Waals surface area (Å²) in [7, 11) is 0. The van der Waals surface area contributed by atoms with E-state index in [1.54, 1.807) is 31.2 Å². The Hall–Kier alpha value is -4.18. The van der Waals surface area contributed by atoms with Crippen LogP contribution in [0, 0.1) is 17.9 Å². The molecule has 0 amide bonds. The first-order chi connectivity index (χ1) is 14.3. The zero-order chi connectivity index (χ0) is 21.5. The van der Waals surface area contributed by atoms with Crippen molar-refractivity contribution in [2.45, 2.75) is 19.1 Å². The van der Waals surface area contributed by atoms with E-state index in [0.717, 1.165) is 12.1 Å². The quantitative estimate of drug-likeness (QED) is 0.587. The van der Waals surface area contributed by atoms with Crippen LogP contribution >= 0.6 is 0 Å². The number of hydrogen-bond donors (Lipinski definition) is 0. The third kappa shape index (κ3) is 3.05. The van der Waals surface area contributed by atoms with E-state index in [9.17, 15) is 13.2 Å². The van der Waals surface area contributed by atoms with Crippen LogP contribution in [0.15, 0.2) is 59.9 Å². The van der Waals surface area contributed by atoms with Gasteiger partial charge in [-0.05, 0) is 53.2 Å². The van der Waals surface area contributed by atoms with E-state index in [0.29, 0.717) is 16.8 Å². The van der Waals surface area contributed by atoms with E-state index in [4.69, 9.17) is 11.8 Å². The molecule has 10 heteroatoms. The number of benzene rings is 2. The molecule has 1 aromatic heterocycles. The third-order valence-electron chi connectivity index (χ3n) is 4.79. The minimum Gasteiger partial charge on any atom is -0.293 e. The van der Waals surface area contributed by atoms with Crippen molar-refractivity contribution in [3.8, 4) is 6.07 Å². The maximum Gasteiger partial charge on any atom is 0.416 e. The summed E-state index contributed by atoms with van der Waals surface area (Å²) in [5, 5.41) is 20.7. The molecule has 1 unspecified atom stereocenters. The molecule has 0 aliphatic carbocycles. The Morgan fingerprint density at radius 3 is 2.53 bits per heavy atom. The Balaban J connectivity index is 1.89. The molecule has 0 fully saturated rings. The Morgan fingerprint density at radius 1 is 1.17 bits per heavy atom. The average Bonchev–Trinajstić information content (AvgIpc) is 3.21. The van der Waals surface area contributed by atoms with Crippen LogP contribution in [-0.4, -0.2) is 20.2 Å². The summed E-state index contributed by atoms with van der Waals surface area (Å²) in [6.07, 6.45) is -4.51. The van der Waals surface area contributed by atoms with Crippen molar-refractivity contribution in [2.24, 2.45) is 0 Å². The van der Waals surface area contributed by atoms with Crippen LogP contribution in [-0.2, 0) is 6.18 Å². The number of halogens is 3. The molecule has 1 atom stereocenters. The zero-order valence-electron chi connectivity index (χ0n) is 15.5. The number of nitriles is 1. The van der Waals surface area contributed by atoms with Gasteiger partial charge in [0.2, 0.25) is 5.70 Å². The van der Waals surface area contributed by atoms with Gasteiger partial charge in [0.25, 0.3) is 5.95 Å². The molecule has 3 aromatic rings. The molecular weight excluding hydrogens is 395 g/mol.